The topological polar surface area (TPSA) is 121 Å². The van der Waals surface area contributed by atoms with Crippen LogP contribution in [0.15, 0.2) is 34.7 Å². The Morgan fingerprint density at radius 1 is 1.24 bits per heavy atom. The molecule has 2 aromatic rings. The maximum absolute atomic E-state index is 12.0. The Hall–Kier alpha value is -3.60. The van der Waals surface area contributed by atoms with Gasteiger partial charge in [0.15, 0.2) is 0 Å². The van der Waals surface area contributed by atoms with Gasteiger partial charge in [-0.3, -0.25) is 14.9 Å². The van der Waals surface area contributed by atoms with Crippen LogP contribution in [-0.2, 0) is 9.53 Å². The zero-order valence-electron chi connectivity index (χ0n) is 13.6. The molecular weight excluding hydrogens is 326 g/mol. The van der Waals surface area contributed by atoms with Crippen LogP contribution in [0, 0.1) is 18.3 Å². The largest absolute Gasteiger partial charge is 0.465 e. The third-order valence-electron chi connectivity index (χ3n) is 3.28. The summed E-state index contributed by atoms with van der Waals surface area (Å²) < 4.78 is 9.84. The summed E-state index contributed by atoms with van der Waals surface area (Å²) in [6.07, 6.45) is 0. The van der Waals surface area contributed by atoms with E-state index in [-0.39, 0.29) is 29.3 Å². The summed E-state index contributed by atoms with van der Waals surface area (Å²) in [6, 6.07) is 10.2. The molecule has 25 heavy (non-hydrogen) atoms. The SMILES string of the molecule is COC(=O)c1c(C)oc(NC(=O)CNC(=O)c2ccccc2)c1C#N. The van der Waals surface area contributed by atoms with E-state index in [4.69, 9.17) is 4.42 Å². The molecule has 0 unspecified atom stereocenters. The average Bonchev–Trinajstić information content (AvgIpc) is 2.94. The number of anilines is 1. The van der Waals surface area contributed by atoms with Crippen molar-refractivity contribution in [3.05, 3.63) is 52.8 Å². The summed E-state index contributed by atoms with van der Waals surface area (Å²) in [6.45, 7) is 1.14. The number of rotatable bonds is 5. The maximum atomic E-state index is 12.0. The van der Waals surface area contributed by atoms with Crippen molar-refractivity contribution < 1.29 is 23.5 Å². The van der Waals surface area contributed by atoms with Crippen LogP contribution in [-0.4, -0.2) is 31.4 Å². The van der Waals surface area contributed by atoms with Gasteiger partial charge in [-0.1, -0.05) is 18.2 Å². The Balaban J connectivity index is 2.05. The van der Waals surface area contributed by atoms with Crippen molar-refractivity contribution in [2.75, 3.05) is 19.0 Å². The lowest BCUT2D eigenvalue weighted by molar-refractivity contribution is -0.115. The molecule has 0 spiro atoms. The fourth-order valence-corrected chi connectivity index (χ4v) is 2.11. The molecule has 0 aliphatic rings. The number of furan rings is 1. The van der Waals surface area contributed by atoms with E-state index in [9.17, 15) is 19.6 Å². The van der Waals surface area contributed by atoms with E-state index < -0.39 is 17.8 Å². The summed E-state index contributed by atoms with van der Waals surface area (Å²) in [5.74, 6) is -1.78. The van der Waals surface area contributed by atoms with Crippen molar-refractivity contribution in [2.45, 2.75) is 6.92 Å². The normalized spacial score (nSPS) is 9.80. The first-order valence-corrected chi connectivity index (χ1v) is 7.22. The van der Waals surface area contributed by atoms with E-state index in [0.717, 1.165) is 0 Å². The number of carbonyl (C=O) groups is 3. The van der Waals surface area contributed by atoms with Crippen LogP contribution >= 0.6 is 0 Å². The van der Waals surface area contributed by atoms with Crippen molar-refractivity contribution >= 4 is 23.7 Å². The lowest BCUT2D eigenvalue weighted by atomic mass is 10.1. The molecule has 8 nitrogen and oxygen atoms in total. The van der Waals surface area contributed by atoms with Crippen LogP contribution < -0.4 is 10.6 Å². The maximum Gasteiger partial charge on any atom is 0.342 e. The van der Waals surface area contributed by atoms with Crippen LogP contribution in [0.4, 0.5) is 5.88 Å². The third-order valence-corrected chi connectivity index (χ3v) is 3.28. The summed E-state index contributed by atoms with van der Waals surface area (Å²) >= 11 is 0. The molecule has 0 fully saturated rings. The van der Waals surface area contributed by atoms with Gasteiger partial charge < -0.3 is 14.5 Å². The molecule has 2 amide bonds. The Bertz CT molecular complexity index is 849. The summed E-state index contributed by atoms with van der Waals surface area (Å²) in [5, 5.41) is 14.0. The van der Waals surface area contributed by atoms with Crippen molar-refractivity contribution in [1.82, 2.24) is 5.32 Å². The Labute approximate surface area is 143 Å². The van der Waals surface area contributed by atoms with Gasteiger partial charge in [0, 0.05) is 5.56 Å². The van der Waals surface area contributed by atoms with E-state index in [1.54, 1.807) is 36.4 Å². The number of methoxy groups -OCH3 is 1. The first kappa shape index (κ1) is 17.7. The number of hydrogen-bond acceptors (Lipinski definition) is 6. The summed E-state index contributed by atoms with van der Waals surface area (Å²) in [4.78, 5) is 35.5. The predicted molar refractivity (Wildman–Crippen MR) is 86.9 cm³/mol. The number of hydrogen-bond donors (Lipinski definition) is 2. The van der Waals surface area contributed by atoms with E-state index in [1.165, 1.54) is 14.0 Å². The highest BCUT2D eigenvalue weighted by Crippen LogP contribution is 2.26. The van der Waals surface area contributed by atoms with Crippen molar-refractivity contribution in [3.8, 4) is 6.07 Å². The van der Waals surface area contributed by atoms with Gasteiger partial charge in [0.25, 0.3) is 5.91 Å². The third kappa shape index (κ3) is 4.03. The molecule has 8 heteroatoms. The number of benzene rings is 1. The first-order valence-electron chi connectivity index (χ1n) is 7.22. The van der Waals surface area contributed by atoms with Crippen LogP contribution in [0.3, 0.4) is 0 Å². The molecule has 0 radical (unpaired) electrons. The molecule has 1 aromatic heterocycles. The number of ether oxygens (including phenoxy) is 1. The monoisotopic (exact) mass is 341 g/mol. The molecule has 0 bridgehead atoms. The van der Waals surface area contributed by atoms with Gasteiger partial charge in [-0.2, -0.15) is 5.26 Å². The van der Waals surface area contributed by atoms with Crippen LogP contribution in [0.5, 0.6) is 0 Å². The molecule has 1 aromatic carbocycles. The average molecular weight is 341 g/mol. The molecule has 2 N–H and O–H groups in total. The lowest BCUT2D eigenvalue weighted by Gasteiger charge is -2.05. The van der Waals surface area contributed by atoms with Crippen LogP contribution in [0.25, 0.3) is 0 Å². The van der Waals surface area contributed by atoms with Crippen LogP contribution in [0.1, 0.15) is 32.0 Å². The fourth-order valence-electron chi connectivity index (χ4n) is 2.11. The van der Waals surface area contributed by atoms with Gasteiger partial charge in [0.05, 0.1) is 13.7 Å². The van der Waals surface area contributed by atoms with Gasteiger partial charge in [-0.25, -0.2) is 4.79 Å². The number of nitrogens with zero attached hydrogens (tertiary/aromatic N) is 1. The van der Waals surface area contributed by atoms with Gasteiger partial charge in [0.1, 0.15) is 23.0 Å². The Kier molecular flexibility index (Phi) is 5.53. The second kappa shape index (κ2) is 7.79. The van der Waals surface area contributed by atoms with E-state index >= 15 is 0 Å². The van der Waals surface area contributed by atoms with Crippen LogP contribution in [0.2, 0.25) is 0 Å². The van der Waals surface area contributed by atoms with Crippen molar-refractivity contribution in [3.63, 3.8) is 0 Å². The van der Waals surface area contributed by atoms with E-state index in [1.807, 2.05) is 0 Å². The number of esters is 1. The summed E-state index contributed by atoms with van der Waals surface area (Å²) in [7, 11) is 1.17. The number of nitriles is 1. The number of nitrogens with one attached hydrogen (secondary N) is 2. The van der Waals surface area contributed by atoms with Crippen molar-refractivity contribution in [1.29, 1.82) is 5.26 Å². The highest BCUT2D eigenvalue weighted by Gasteiger charge is 2.25. The molecule has 128 valence electrons. The number of aryl methyl sites for hydroxylation is 1. The van der Waals surface area contributed by atoms with Gasteiger partial charge in [-0.15, -0.1) is 0 Å². The number of carbonyl (C=O) groups excluding carboxylic acids is 3. The molecule has 2 rings (SSSR count). The minimum atomic E-state index is -0.740. The van der Waals surface area contributed by atoms with E-state index in [2.05, 4.69) is 15.4 Å². The highest BCUT2D eigenvalue weighted by atomic mass is 16.5. The second-order valence-corrected chi connectivity index (χ2v) is 4.94. The minimum Gasteiger partial charge on any atom is -0.465 e. The van der Waals surface area contributed by atoms with Gasteiger partial charge in [0.2, 0.25) is 11.8 Å². The minimum absolute atomic E-state index is 0.0476. The molecule has 0 atom stereocenters. The quantitative estimate of drug-likeness (QED) is 0.797. The zero-order valence-corrected chi connectivity index (χ0v) is 13.6. The Morgan fingerprint density at radius 3 is 2.52 bits per heavy atom. The molecular formula is C17H15N3O5. The molecule has 0 saturated carbocycles. The zero-order chi connectivity index (χ0) is 18.4. The lowest BCUT2D eigenvalue weighted by Crippen LogP contribution is -2.32. The standard InChI is InChI=1S/C17H15N3O5/c1-10-14(17(23)24-2)12(8-18)16(25-10)20-13(21)9-19-15(22)11-6-4-3-5-7-11/h3-7H,9H2,1-2H3,(H,19,22)(H,20,21). The summed E-state index contributed by atoms with van der Waals surface area (Å²) in [5.41, 5.74) is 0.232. The van der Waals surface area contributed by atoms with Crippen molar-refractivity contribution in [2.24, 2.45) is 0 Å². The fraction of sp³-hybridized carbons (Fsp3) is 0.176. The molecule has 1 heterocycles. The van der Waals surface area contributed by atoms with E-state index in [0.29, 0.717) is 5.56 Å². The smallest absolute Gasteiger partial charge is 0.342 e. The number of amides is 2. The van der Waals surface area contributed by atoms with Gasteiger partial charge >= 0.3 is 5.97 Å². The Morgan fingerprint density at radius 2 is 1.92 bits per heavy atom. The highest BCUT2D eigenvalue weighted by molar-refractivity contribution is 6.01. The first-order chi connectivity index (χ1) is 12.0. The molecule has 0 aliphatic carbocycles. The van der Waals surface area contributed by atoms with Gasteiger partial charge in [-0.05, 0) is 19.1 Å². The molecule has 0 aliphatic heterocycles. The predicted octanol–water partition coefficient (Wildman–Crippen LogP) is 1.61. The molecule has 0 saturated heterocycles. The second-order valence-electron chi connectivity index (χ2n) is 4.94.